The zero-order valence-corrected chi connectivity index (χ0v) is 20.0. The number of rotatable bonds is 8. The molecule has 1 amide bonds. The van der Waals surface area contributed by atoms with E-state index in [0.717, 1.165) is 16.7 Å². The molecule has 1 N–H and O–H groups in total. The molecule has 1 atom stereocenters. The molecule has 1 aromatic heterocycles. The average Bonchev–Trinajstić information content (AvgIpc) is 3.10. The molecule has 0 spiro atoms. The fourth-order valence-corrected chi connectivity index (χ4v) is 4.32. The highest BCUT2D eigenvalue weighted by Crippen LogP contribution is 2.43. The summed E-state index contributed by atoms with van der Waals surface area (Å²) < 4.78 is 11.3. The molecule has 0 radical (unpaired) electrons. The molecular formula is C28H28N2O5. The Hall–Kier alpha value is -4.13. The van der Waals surface area contributed by atoms with Crippen LogP contribution in [0.5, 0.6) is 11.5 Å². The van der Waals surface area contributed by atoms with Crippen molar-refractivity contribution in [2.45, 2.75) is 33.4 Å². The molecule has 180 valence electrons. The van der Waals surface area contributed by atoms with E-state index in [4.69, 9.17) is 9.47 Å². The number of aromatic nitrogens is 1. The number of ketones is 1. The van der Waals surface area contributed by atoms with E-state index in [9.17, 15) is 14.7 Å². The lowest BCUT2D eigenvalue weighted by atomic mass is 9.92. The minimum Gasteiger partial charge on any atom is -0.507 e. The fraction of sp³-hybridized carbons (Fsp3) is 0.250. The van der Waals surface area contributed by atoms with Crippen LogP contribution in [0.3, 0.4) is 0 Å². The average molecular weight is 473 g/mol. The number of hydrogen-bond donors (Lipinski definition) is 1. The van der Waals surface area contributed by atoms with Crippen LogP contribution >= 0.6 is 0 Å². The predicted octanol–water partition coefficient (Wildman–Crippen LogP) is 4.81. The summed E-state index contributed by atoms with van der Waals surface area (Å²) in [5.41, 5.74) is 2.80. The fourth-order valence-electron chi connectivity index (χ4n) is 4.32. The molecule has 1 unspecified atom stereocenters. The van der Waals surface area contributed by atoms with E-state index in [2.05, 4.69) is 4.98 Å². The predicted molar refractivity (Wildman–Crippen MR) is 132 cm³/mol. The molecule has 0 bridgehead atoms. The molecule has 2 heterocycles. The maximum Gasteiger partial charge on any atom is 0.295 e. The van der Waals surface area contributed by atoms with E-state index in [1.807, 2.05) is 51.1 Å². The van der Waals surface area contributed by atoms with E-state index >= 15 is 0 Å². The van der Waals surface area contributed by atoms with Crippen molar-refractivity contribution in [2.24, 2.45) is 0 Å². The summed E-state index contributed by atoms with van der Waals surface area (Å²) in [5, 5.41) is 11.5. The number of aliphatic hydroxyl groups excluding tert-OH is 1. The lowest BCUT2D eigenvalue weighted by molar-refractivity contribution is -0.140. The third-order valence-electron chi connectivity index (χ3n) is 5.92. The minimum atomic E-state index is -0.766. The summed E-state index contributed by atoms with van der Waals surface area (Å²) in [6.07, 6.45) is 3.31. The summed E-state index contributed by atoms with van der Waals surface area (Å²) in [6, 6.07) is 15.4. The number of carbonyl (C=O) groups is 2. The van der Waals surface area contributed by atoms with Crippen molar-refractivity contribution in [1.82, 2.24) is 9.88 Å². The van der Waals surface area contributed by atoms with Gasteiger partial charge in [0.2, 0.25) is 0 Å². The zero-order chi connectivity index (χ0) is 24.9. The SMILES string of the molecule is CCOc1ccc(/C(O)=C2\C(=O)C(=O)N(Cc3cccnc3)C2c2ccccc2C)c(OCC)c1. The van der Waals surface area contributed by atoms with E-state index in [-0.39, 0.29) is 17.9 Å². The van der Waals surface area contributed by atoms with Gasteiger partial charge >= 0.3 is 0 Å². The first-order chi connectivity index (χ1) is 17.0. The highest BCUT2D eigenvalue weighted by atomic mass is 16.5. The number of amides is 1. The van der Waals surface area contributed by atoms with Crippen molar-refractivity contribution < 1.29 is 24.2 Å². The number of benzene rings is 2. The monoisotopic (exact) mass is 472 g/mol. The van der Waals surface area contributed by atoms with Gasteiger partial charge in [0.05, 0.1) is 30.4 Å². The molecule has 7 heteroatoms. The van der Waals surface area contributed by atoms with E-state index < -0.39 is 17.7 Å². The number of carbonyl (C=O) groups excluding carboxylic acids is 2. The largest absolute Gasteiger partial charge is 0.507 e. The number of ether oxygens (including phenoxy) is 2. The smallest absolute Gasteiger partial charge is 0.295 e. The van der Waals surface area contributed by atoms with Crippen LogP contribution in [-0.2, 0) is 16.1 Å². The van der Waals surface area contributed by atoms with Crippen molar-refractivity contribution in [3.8, 4) is 11.5 Å². The van der Waals surface area contributed by atoms with Gasteiger partial charge in [-0.1, -0.05) is 30.3 Å². The summed E-state index contributed by atoms with van der Waals surface area (Å²) in [7, 11) is 0. The van der Waals surface area contributed by atoms with E-state index in [1.165, 1.54) is 4.90 Å². The van der Waals surface area contributed by atoms with Crippen molar-refractivity contribution in [1.29, 1.82) is 0 Å². The Morgan fingerprint density at radius 2 is 1.80 bits per heavy atom. The van der Waals surface area contributed by atoms with Crippen LogP contribution in [0.1, 0.15) is 42.1 Å². The van der Waals surface area contributed by atoms with Gasteiger partial charge in [-0.3, -0.25) is 14.6 Å². The number of pyridine rings is 1. The van der Waals surface area contributed by atoms with Crippen molar-refractivity contribution in [3.05, 3.63) is 94.8 Å². The van der Waals surface area contributed by atoms with Crippen molar-refractivity contribution >= 4 is 17.4 Å². The second-order valence-corrected chi connectivity index (χ2v) is 8.17. The quantitative estimate of drug-likeness (QED) is 0.288. The topological polar surface area (TPSA) is 89.0 Å². The van der Waals surface area contributed by atoms with Crippen LogP contribution in [-0.4, -0.2) is 39.9 Å². The zero-order valence-electron chi connectivity index (χ0n) is 20.0. The minimum absolute atomic E-state index is 0.0262. The first-order valence-electron chi connectivity index (χ1n) is 11.6. The molecule has 0 aliphatic carbocycles. The van der Waals surface area contributed by atoms with Crippen molar-refractivity contribution in [3.63, 3.8) is 0 Å². The first kappa shape index (κ1) is 24.0. The molecule has 1 fully saturated rings. The first-order valence-corrected chi connectivity index (χ1v) is 11.6. The maximum atomic E-state index is 13.4. The number of nitrogens with zero attached hydrogens (tertiary/aromatic N) is 2. The highest BCUT2D eigenvalue weighted by Gasteiger charge is 2.46. The summed E-state index contributed by atoms with van der Waals surface area (Å²) >= 11 is 0. The van der Waals surface area contributed by atoms with Gasteiger partial charge in [0.15, 0.2) is 0 Å². The second kappa shape index (κ2) is 10.4. The van der Waals surface area contributed by atoms with Crippen LogP contribution in [0, 0.1) is 6.92 Å². The van der Waals surface area contributed by atoms with Gasteiger partial charge in [0, 0.05) is 25.0 Å². The molecule has 3 aromatic rings. The standard InChI is InChI=1S/C28H28N2O5/c1-4-34-20-12-13-22(23(15-20)35-5-2)26(31)24-25(21-11-7-6-9-18(21)3)30(28(33)27(24)32)17-19-10-8-14-29-16-19/h6-16,25,31H,4-5,17H2,1-3H3/b26-24+. The molecule has 1 aliphatic heterocycles. The van der Waals surface area contributed by atoms with Crippen LogP contribution in [0.15, 0.2) is 72.6 Å². The van der Waals surface area contributed by atoms with Gasteiger partial charge in [-0.15, -0.1) is 0 Å². The van der Waals surface area contributed by atoms with Crippen LogP contribution in [0.25, 0.3) is 5.76 Å². The molecule has 1 aliphatic rings. The normalized spacial score (nSPS) is 17.0. The third kappa shape index (κ3) is 4.75. The molecule has 0 saturated carbocycles. The summed E-state index contributed by atoms with van der Waals surface area (Å²) in [6.45, 7) is 6.63. The molecular weight excluding hydrogens is 444 g/mol. The van der Waals surface area contributed by atoms with Gasteiger partial charge in [-0.05, 0) is 55.7 Å². The Balaban J connectivity index is 1.89. The number of hydrogen-bond acceptors (Lipinski definition) is 6. The van der Waals surface area contributed by atoms with Crippen LogP contribution in [0.2, 0.25) is 0 Å². The van der Waals surface area contributed by atoms with Gasteiger partial charge in [-0.2, -0.15) is 0 Å². The lowest BCUT2D eigenvalue weighted by Crippen LogP contribution is -2.29. The summed E-state index contributed by atoms with van der Waals surface area (Å²) in [5.74, 6) is -0.738. The number of aliphatic hydroxyl groups is 1. The molecule has 4 rings (SSSR count). The number of Topliss-reactive ketones (excluding diaryl/α,β-unsaturated/α-hetero) is 1. The molecule has 1 saturated heterocycles. The van der Waals surface area contributed by atoms with Gasteiger partial charge < -0.3 is 19.5 Å². The Labute approximate surface area is 204 Å². The Bertz CT molecular complexity index is 1270. The molecule has 35 heavy (non-hydrogen) atoms. The molecule has 7 nitrogen and oxygen atoms in total. The van der Waals surface area contributed by atoms with Crippen molar-refractivity contribution in [2.75, 3.05) is 13.2 Å². The second-order valence-electron chi connectivity index (χ2n) is 8.17. The Morgan fingerprint density at radius 1 is 1.03 bits per heavy atom. The highest BCUT2D eigenvalue weighted by molar-refractivity contribution is 6.46. The van der Waals surface area contributed by atoms with E-state index in [0.29, 0.717) is 30.3 Å². The van der Waals surface area contributed by atoms with Gasteiger partial charge in [0.25, 0.3) is 11.7 Å². The van der Waals surface area contributed by atoms with Gasteiger partial charge in [-0.25, -0.2) is 0 Å². The molecule has 2 aromatic carbocycles. The third-order valence-corrected chi connectivity index (χ3v) is 5.92. The maximum absolute atomic E-state index is 13.4. The lowest BCUT2D eigenvalue weighted by Gasteiger charge is -2.26. The number of aryl methyl sites for hydroxylation is 1. The van der Waals surface area contributed by atoms with Crippen LogP contribution < -0.4 is 9.47 Å². The summed E-state index contributed by atoms with van der Waals surface area (Å²) in [4.78, 5) is 32.2. The van der Waals surface area contributed by atoms with Gasteiger partial charge in [0.1, 0.15) is 17.3 Å². The van der Waals surface area contributed by atoms with Crippen LogP contribution in [0.4, 0.5) is 0 Å². The Kier molecular flexibility index (Phi) is 7.15. The Morgan fingerprint density at radius 3 is 2.49 bits per heavy atom. The van der Waals surface area contributed by atoms with E-state index in [1.54, 1.807) is 36.7 Å². The number of likely N-dealkylation sites (tertiary alicyclic amines) is 1.